The maximum atomic E-state index is 10.6. The van der Waals surface area contributed by atoms with Crippen LogP contribution >= 0.6 is 0 Å². The van der Waals surface area contributed by atoms with E-state index in [1.165, 1.54) is 12.1 Å². The molecule has 90 valence electrons. The number of hydrogen-bond donors (Lipinski definition) is 0. The fourth-order valence-corrected chi connectivity index (χ4v) is 2.13. The molecule has 0 radical (unpaired) electrons. The minimum absolute atomic E-state index is 0.0996. The van der Waals surface area contributed by atoms with Gasteiger partial charge in [-0.25, -0.2) is 0 Å². The van der Waals surface area contributed by atoms with Crippen molar-refractivity contribution in [2.24, 2.45) is 0 Å². The summed E-state index contributed by atoms with van der Waals surface area (Å²) in [6.07, 6.45) is 0. The highest BCUT2D eigenvalue weighted by atomic mass is 16.6. The van der Waals surface area contributed by atoms with Gasteiger partial charge in [-0.1, -0.05) is 30.3 Å². The van der Waals surface area contributed by atoms with Crippen molar-refractivity contribution < 1.29 is 9.66 Å². The predicted octanol–water partition coefficient (Wildman–Crippen LogP) is 2.87. The van der Waals surface area contributed by atoms with Crippen LogP contribution < -0.4 is 0 Å². The van der Waals surface area contributed by atoms with Crippen LogP contribution in [0.15, 0.2) is 54.6 Å². The molecule has 1 aliphatic heterocycles. The number of nitro groups is 1. The Labute approximate surface area is 104 Å². The van der Waals surface area contributed by atoms with E-state index in [-0.39, 0.29) is 5.69 Å². The Morgan fingerprint density at radius 3 is 2.06 bits per heavy atom. The van der Waals surface area contributed by atoms with Gasteiger partial charge in [0.2, 0.25) is 0 Å². The Morgan fingerprint density at radius 2 is 1.56 bits per heavy atom. The Hall–Kier alpha value is -2.20. The van der Waals surface area contributed by atoms with Gasteiger partial charge in [-0.15, -0.1) is 0 Å². The van der Waals surface area contributed by atoms with Crippen molar-refractivity contribution in [1.29, 1.82) is 0 Å². The highest BCUT2D eigenvalue weighted by Crippen LogP contribution is 2.45. The molecular weight excluding hydrogens is 230 g/mol. The standard InChI is InChI=1S/C14H11NO3/c16-15(17)13-8-6-12(7-9-13)14(10-18-14)11-4-2-1-3-5-11/h1-9H,10H2. The summed E-state index contributed by atoms with van der Waals surface area (Å²) in [6.45, 7) is 0.620. The second-order valence-electron chi connectivity index (χ2n) is 4.29. The normalized spacial score (nSPS) is 21.6. The summed E-state index contributed by atoms with van der Waals surface area (Å²) >= 11 is 0. The first kappa shape index (κ1) is 10.9. The van der Waals surface area contributed by atoms with Crippen molar-refractivity contribution in [2.45, 2.75) is 5.60 Å². The molecule has 0 spiro atoms. The highest BCUT2D eigenvalue weighted by Gasteiger charge is 2.48. The lowest BCUT2D eigenvalue weighted by Gasteiger charge is -2.12. The van der Waals surface area contributed by atoms with Gasteiger partial charge in [-0.3, -0.25) is 10.1 Å². The average molecular weight is 241 g/mol. The average Bonchev–Trinajstić information content (AvgIpc) is 3.21. The van der Waals surface area contributed by atoms with Gasteiger partial charge in [0.1, 0.15) is 5.60 Å². The lowest BCUT2D eigenvalue weighted by atomic mass is 9.92. The molecule has 1 heterocycles. The zero-order chi connectivity index (χ0) is 12.6. The largest absolute Gasteiger partial charge is 0.359 e. The van der Waals surface area contributed by atoms with E-state index in [1.807, 2.05) is 30.3 Å². The number of hydrogen-bond acceptors (Lipinski definition) is 3. The molecule has 4 nitrogen and oxygen atoms in total. The Bertz CT molecular complexity index is 574. The molecule has 0 saturated carbocycles. The molecule has 1 fully saturated rings. The molecule has 18 heavy (non-hydrogen) atoms. The number of epoxide rings is 1. The first-order valence-corrected chi connectivity index (χ1v) is 5.67. The summed E-state index contributed by atoms with van der Waals surface area (Å²) in [5.41, 5.74) is 1.73. The van der Waals surface area contributed by atoms with E-state index in [0.717, 1.165) is 11.1 Å². The van der Waals surface area contributed by atoms with Crippen molar-refractivity contribution in [3.63, 3.8) is 0 Å². The highest BCUT2D eigenvalue weighted by molar-refractivity contribution is 5.44. The molecule has 0 amide bonds. The van der Waals surface area contributed by atoms with Crippen LogP contribution in [0.2, 0.25) is 0 Å². The van der Waals surface area contributed by atoms with Gasteiger partial charge in [0.25, 0.3) is 5.69 Å². The molecular formula is C14H11NO3. The molecule has 1 aliphatic rings. The summed E-state index contributed by atoms with van der Waals surface area (Å²) in [7, 11) is 0. The summed E-state index contributed by atoms with van der Waals surface area (Å²) in [5.74, 6) is 0. The van der Waals surface area contributed by atoms with Crippen molar-refractivity contribution in [3.8, 4) is 0 Å². The minimum Gasteiger partial charge on any atom is -0.359 e. The van der Waals surface area contributed by atoms with E-state index < -0.39 is 10.5 Å². The lowest BCUT2D eigenvalue weighted by molar-refractivity contribution is -0.384. The second-order valence-corrected chi connectivity index (χ2v) is 4.29. The van der Waals surface area contributed by atoms with Crippen molar-refractivity contribution in [1.82, 2.24) is 0 Å². The van der Waals surface area contributed by atoms with Crippen LogP contribution in [-0.2, 0) is 10.3 Å². The third-order valence-corrected chi connectivity index (χ3v) is 3.22. The van der Waals surface area contributed by atoms with E-state index in [4.69, 9.17) is 4.74 Å². The lowest BCUT2D eigenvalue weighted by Crippen LogP contribution is -2.10. The van der Waals surface area contributed by atoms with Gasteiger partial charge in [0.05, 0.1) is 11.5 Å². The van der Waals surface area contributed by atoms with Crippen LogP contribution in [-0.4, -0.2) is 11.5 Å². The van der Waals surface area contributed by atoms with Gasteiger partial charge in [-0.05, 0) is 23.3 Å². The Balaban J connectivity index is 1.98. The van der Waals surface area contributed by atoms with Crippen LogP contribution in [0.1, 0.15) is 11.1 Å². The van der Waals surface area contributed by atoms with Crippen LogP contribution in [0, 0.1) is 10.1 Å². The van der Waals surface area contributed by atoms with E-state index in [9.17, 15) is 10.1 Å². The summed E-state index contributed by atoms with van der Waals surface area (Å²) in [6, 6.07) is 16.5. The SMILES string of the molecule is O=[N+]([O-])c1ccc(C2(c3ccccc3)CO2)cc1. The van der Waals surface area contributed by atoms with E-state index >= 15 is 0 Å². The molecule has 4 heteroatoms. The van der Waals surface area contributed by atoms with E-state index in [1.54, 1.807) is 12.1 Å². The quantitative estimate of drug-likeness (QED) is 0.471. The Morgan fingerprint density at radius 1 is 1.00 bits per heavy atom. The van der Waals surface area contributed by atoms with Crippen molar-refractivity contribution in [3.05, 3.63) is 75.8 Å². The van der Waals surface area contributed by atoms with Gasteiger partial charge in [-0.2, -0.15) is 0 Å². The summed E-state index contributed by atoms with van der Waals surface area (Å²) < 4.78 is 5.60. The number of ether oxygens (including phenoxy) is 1. The summed E-state index contributed by atoms with van der Waals surface area (Å²) in [4.78, 5) is 10.2. The first-order valence-electron chi connectivity index (χ1n) is 5.67. The smallest absolute Gasteiger partial charge is 0.269 e. The van der Waals surface area contributed by atoms with Gasteiger partial charge in [0.15, 0.2) is 0 Å². The summed E-state index contributed by atoms with van der Waals surface area (Å²) in [5, 5.41) is 10.6. The van der Waals surface area contributed by atoms with Crippen molar-refractivity contribution >= 4 is 5.69 Å². The molecule has 0 aliphatic carbocycles. The molecule has 0 bridgehead atoms. The topological polar surface area (TPSA) is 55.7 Å². The van der Waals surface area contributed by atoms with Crippen molar-refractivity contribution in [2.75, 3.05) is 6.61 Å². The van der Waals surface area contributed by atoms with E-state index in [2.05, 4.69) is 0 Å². The fraction of sp³-hybridized carbons (Fsp3) is 0.143. The van der Waals surface area contributed by atoms with Gasteiger partial charge in [0, 0.05) is 12.1 Å². The molecule has 1 unspecified atom stereocenters. The third-order valence-electron chi connectivity index (χ3n) is 3.22. The van der Waals surface area contributed by atoms with Gasteiger partial charge < -0.3 is 4.74 Å². The van der Waals surface area contributed by atoms with Gasteiger partial charge >= 0.3 is 0 Å². The fourth-order valence-electron chi connectivity index (χ4n) is 2.13. The molecule has 3 rings (SSSR count). The molecule has 2 aromatic rings. The zero-order valence-corrected chi connectivity index (χ0v) is 9.58. The van der Waals surface area contributed by atoms with Crippen LogP contribution in [0.4, 0.5) is 5.69 Å². The van der Waals surface area contributed by atoms with E-state index in [0.29, 0.717) is 6.61 Å². The van der Waals surface area contributed by atoms with Crippen LogP contribution in [0.25, 0.3) is 0 Å². The van der Waals surface area contributed by atoms with Crippen LogP contribution in [0.3, 0.4) is 0 Å². The molecule has 0 aromatic heterocycles. The number of nitrogens with zero attached hydrogens (tertiary/aromatic N) is 1. The Kier molecular flexibility index (Phi) is 2.38. The minimum atomic E-state index is -0.406. The maximum absolute atomic E-state index is 10.6. The number of rotatable bonds is 3. The number of non-ortho nitro benzene ring substituents is 1. The third kappa shape index (κ3) is 1.67. The molecule has 0 N–H and O–H groups in total. The maximum Gasteiger partial charge on any atom is 0.269 e. The molecule has 1 atom stereocenters. The molecule has 2 aromatic carbocycles. The zero-order valence-electron chi connectivity index (χ0n) is 9.58. The first-order chi connectivity index (χ1) is 8.72. The number of nitro benzene ring substituents is 1. The number of benzene rings is 2. The monoisotopic (exact) mass is 241 g/mol. The molecule has 1 saturated heterocycles. The second kappa shape index (κ2) is 3.92. The predicted molar refractivity (Wildman–Crippen MR) is 66.3 cm³/mol. The van der Waals surface area contributed by atoms with Crippen LogP contribution in [0.5, 0.6) is 0 Å².